The highest BCUT2D eigenvalue weighted by molar-refractivity contribution is 7.18. The number of likely N-dealkylation sites (tertiary alicyclic amines) is 1. The second-order valence-electron chi connectivity index (χ2n) is 4.53. The van der Waals surface area contributed by atoms with E-state index in [9.17, 15) is 14.9 Å². The third-order valence-corrected chi connectivity index (χ3v) is 4.35. The predicted molar refractivity (Wildman–Crippen MR) is 70.3 cm³/mol. The topological polar surface area (TPSA) is 63.5 Å². The van der Waals surface area contributed by atoms with Crippen LogP contribution >= 0.6 is 22.9 Å². The van der Waals surface area contributed by atoms with Crippen molar-refractivity contribution in [3.63, 3.8) is 0 Å². The van der Waals surface area contributed by atoms with Gasteiger partial charge in [0.2, 0.25) is 0 Å². The first-order valence-electron chi connectivity index (χ1n) is 5.72. The number of nitrogens with zero attached hydrogens (tertiary/aromatic N) is 2. The molecule has 1 aliphatic rings. The molecule has 1 fully saturated rings. The van der Waals surface area contributed by atoms with Crippen molar-refractivity contribution < 1.29 is 9.72 Å². The number of rotatable bonds is 2. The minimum atomic E-state index is -0.561. The lowest BCUT2D eigenvalue weighted by Crippen LogP contribution is -2.38. The Balaban J connectivity index is 2.18. The molecule has 1 aromatic rings. The maximum absolute atomic E-state index is 12.2. The molecule has 1 aromatic heterocycles. The summed E-state index contributed by atoms with van der Waals surface area (Å²) < 4.78 is 0.0633. The van der Waals surface area contributed by atoms with Gasteiger partial charge >= 0.3 is 0 Å². The fourth-order valence-electron chi connectivity index (χ4n) is 2.12. The fraction of sp³-hybridized carbons (Fsp3) is 0.545. The summed E-state index contributed by atoms with van der Waals surface area (Å²) in [7, 11) is 0. The van der Waals surface area contributed by atoms with Crippen molar-refractivity contribution in [3.05, 3.63) is 25.4 Å². The molecule has 2 heterocycles. The molecule has 1 saturated heterocycles. The van der Waals surface area contributed by atoms with Crippen LogP contribution < -0.4 is 0 Å². The van der Waals surface area contributed by atoms with Gasteiger partial charge in [-0.1, -0.05) is 18.5 Å². The summed E-state index contributed by atoms with van der Waals surface area (Å²) in [5.41, 5.74) is -0.185. The molecule has 0 spiro atoms. The van der Waals surface area contributed by atoms with E-state index in [-0.39, 0.29) is 15.9 Å². The molecule has 0 aromatic carbocycles. The van der Waals surface area contributed by atoms with Crippen molar-refractivity contribution in [2.24, 2.45) is 5.92 Å². The second-order valence-corrected chi connectivity index (χ2v) is 6.18. The summed E-state index contributed by atoms with van der Waals surface area (Å²) in [6.07, 6.45) is 2.10. The van der Waals surface area contributed by atoms with E-state index in [0.29, 0.717) is 23.9 Å². The average molecular weight is 289 g/mol. The van der Waals surface area contributed by atoms with Gasteiger partial charge in [0, 0.05) is 19.2 Å². The summed E-state index contributed by atoms with van der Waals surface area (Å²) in [6, 6.07) is 1.27. The maximum atomic E-state index is 12.2. The van der Waals surface area contributed by atoms with E-state index in [1.165, 1.54) is 6.07 Å². The number of hydrogen-bond donors (Lipinski definition) is 0. The number of carbonyl (C=O) groups is 1. The summed E-state index contributed by atoms with van der Waals surface area (Å²) in [4.78, 5) is 24.4. The van der Waals surface area contributed by atoms with Crippen LogP contribution in [0.1, 0.15) is 29.4 Å². The van der Waals surface area contributed by atoms with E-state index in [0.717, 1.165) is 24.2 Å². The van der Waals surface area contributed by atoms with Crippen molar-refractivity contribution in [2.75, 3.05) is 13.1 Å². The first kappa shape index (κ1) is 13.3. The summed E-state index contributed by atoms with van der Waals surface area (Å²) in [6.45, 7) is 3.53. The van der Waals surface area contributed by atoms with E-state index in [2.05, 4.69) is 6.92 Å². The van der Waals surface area contributed by atoms with Gasteiger partial charge in [0.25, 0.3) is 11.6 Å². The Bertz CT molecular complexity index is 489. The van der Waals surface area contributed by atoms with Crippen molar-refractivity contribution in [2.45, 2.75) is 19.8 Å². The molecule has 0 N–H and O–H groups in total. The molecule has 18 heavy (non-hydrogen) atoms. The van der Waals surface area contributed by atoms with Gasteiger partial charge in [0.05, 0.1) is 4.92 Å². The number of carbonyl (C=O) groups excluding carboxylic acids is 1. The molecule has 1 amide bonds. The monoisotopic (exact) mass is 288 g/mol. The Labute approximate surface area is 113 Å². The summed E-state index contributed by atoms with van der Waals surface area (Å²) in [5, 5.41) is 10.7. The second kappa shape index (κ2) is 5.24. The molecular weight excluding hydrogens is 276 g/mol. The molecule has 1 unspecified atom stereocenters. The SMILES string of the molecule is CC1CCCN(C(=O)c2cc([N+](=O)[O-])c(Cl)s2)C1. The molecular formula is C11H13ClN2O3S. The average Bonchev–Trinajstić information content (AvgIpc) is 2.70. The molecule has 0 radical (unpaired) electrons. The lowest BCUT2D eigenvalue weighted by Gasteiger charge is -2.30. The Kier molecular flexibility index (Phi) is 3.87. The molecule has 0 saturated carbocycles. The van der Waals surface area contributed by atoms with Gasteiger partial charge in [-0.25, -0.2) is 0 Å². The lowest BCUT2D eigenvalue weighted by molar-refractivity contribution is -0.384. The molecule has 2 rings (SSSR count). The van der Waals surface area contributed by atoms with Crippen molar-refractivity contribution in [1.29, 1.82) is 0 Å². The lowest BCUT2D eigenvalue weighted by atomic mass is 10.0. The molecule has 1 atom stereocenters. The summed E-state index contributed by atoms with van der Waals surface area (Å²) >= 11 is 6.74. The van der Waals surface area contributed by atoms with Gasteiger partial charge in [-0.3, -0.25) is 14.9 Å². The molecule has 5 nitrogen and oxygen atoms in total. The fourth-order valence-corrected chi connectivity index (χ4v) is 3.31. The maximum Gasteiger partial charge on any atom is 0.299 e. The van der Waals surface area contributed by atoms with Gasteiger partial charge in [0.1, 0.15) is 4.88 Å². The normalized spacial score (nSPS) is 19.9. The molecule has 0 aliphatic carbocycles. The number of nitro groups is 1. The van der Waals surface area contributed by atoms with Gasteiger partial charge in [-0.2, -0.15) is 0 Å². The third-order valence-electron chi connectivity index (χ3n) is 3.02. The van der Waals surface area contributed by atoms with Crippen LogP contribution in [0.4, 0.5) is 5.69 Å². The minimum Gasteiger partial charge on any atom is -0.338 e. The van der Waals surface area contributed by atoms with E-state index >= 15 is 0 Å². The largest absolute Gasteiger partial charge is 0.338 e. The third kappa shape index (κ3) is 2.64. The van der Waals surface area contributed by atoms with E-state index in [1.54, 1.807) is 4.90 Å². The summed E-state index contributed by atoms with van der Waals surface area (Å²) in [5.74, 6) is 0.328. The zero-order chi connectivity index (χ0) is 13.3. The highest BCUT2D eigenvalue weighted by Crippen LogP contribution is 2.34. The number of halogens is 1. The van der Waals surface area contributed by atoms with Gasteiger partial charge < -0.3 is 4.90 Å². The van der Waals surface area contributed by atoms with Crippen LogP contribution in [-0.4, -0.2) is 28.8 Å². The van der Waals surface area contributed by atoms with Gasteiger partial charge in [-0.15, -0.1) is 11.3 Å². The van der Waals surface area contributed by atoms with Crippen LogP contribution in [-0.2, 0) is 0 Å². The number of piperidine rings is 1. The molecule has 0 bridgehead atoms. The van der Waals surface area contributed by atoms with Crippen LogP contribution in [0.25, 0.3) is 0 Å². The smallest absolute Gasteiger partial charge is 0.299 e. The zero-order valence-corrected chi connectivity index (χ0v) is 11.5. The van der Waals surface area contributed by atoms with Gasteiger partial charge in [-0.05, 0) is 18.8 Å². The number of amides is 1. The van der Waals surface area contributed by atoms with Crippen molar-refractivity contribution in [1.82, 2.24) is 4.90 Å². The van der Waals surface area contributed by atoms with Crippen LogP contribution in [0.15, 0.2) is 6.07 Å². The van der Waals surface area contributed by atoms with Gasteiger partial charge in [0.15, 0.2) is 4.34 Å². The minimum absolute atomic E-state index is 0.0633. The van der Waals surface area contributed by atoms with Crippen LogP contribution in [0.5, 0.6) is 0 Å². The van der Waals surface area contributed by atoms with E-state index in [1.807, 2.05) is 0 Å². The highest BCUT2D eigenvalue weighted by Gasteiger charge is 2.26. The van der Waals surface area contributed by atoms with Crippen LogP contribution in [0.3, 0.4) is 0 Å². The predicted octanol–water partition coefficient (Wildman–Crippen LogP) is 3.18. The van der Waals surface area contributed by atoms with Crippen molar-refractivity contribution in [3.8, 4) is 0 Å². The number of thiophene rings is 1. The molecule has 1 aliphatic heterocycles. The Morgan fingerprint density at radius 3 is 2.94 bits per heavy atom. The highest BCUT2D eigenvalue weighted by atomic mass is 35.5. The van der Waals surface area contributed by atoms with Crippen molar-refractivity contribution >= 4 is 34.5 Å². The Morgan fingerprint density at radius 2 is 2.39 bits per heavy atom. The Morgan fingerprint density at radius 1 is 1.67 bits per heavy atom. The van der Waals surface area contributed by atoms with Crippen LogP contribution in [0.2, 0.25) is 4.34 Å². The standard InChI is InChI=1S/C11H13ClN2O3S/c1-7-3-2-4-13(6-7)11(15)9-5-8(14(16)17)10(12)18-9/h5,7H,2-4,6H2,1H3. The Hall–Kier alpha value is -1.14. The first-order chi connectivity index (χ1) is 8.49. The van der Waals surface area contributed by atoms with E-state index < -0.39 is 4.92 Å². The quantitative estimate of drug-likeness (QED) is 0.620. The first-order valence-corrected chi connectivity index (χ1v) is 6.91. The zero-order valence-electron chi connectivity index (χ0n) is 9.89. The van der Waals surface area contributed by atoms with E-state index in [4.69, 9.17) is 11.6 Å². The molecule has 98 valence electrons. The van der Waals surface area contributed by atoms with Crippen LogP contribution in [0, 0.1) is 16.0 Å². The molecule has 7 heteroatoms. The number of hydrogen-bond acceptors (Lipinski definition) is 4.